The van der Waals surface area contributed by atoms with Crippen molar-refractivity contribution < 1.29 is 23.6 Å². The molecule has 3 aromatic rings. The van der Waals surface area contributed by atoms with Gasteiger partial charge in [0.15, 0.2) is 12.6 Å². The lowest BCUT2D eigenvalue weighted by Gasteiger charge is -2.43. The molecule has 0 fully saturated rings. The first-order valence-electron chi connectivity index (χ1n) is 12.4. The summed E-state index contributed by atoms with van der Waals surface area (Å²) in [6.45, 7) is 4.25. The molecule has 0 heterocycles. The van der Waals surface area contributed by atoms with E-state index < -0.39 is 29.9 Å². The first kappa shape index (κ1) is 25.2. The van der Waals surface area contributed by atoms with Gasteiger partial charge in [-0.2, -0.15) is 0 Å². The van der Waals surface area contributed by atoms with Crippen LogP contribution in [0.25, 0.3) is 5.57 Å². The Morgan fingerprint density at radius 3 is 1.78 bits per heavy atom. The third-order valence-corrected chi connectivity index (χ3v) is 11.4. The summed E-state index contributed by atoms with van der Waals surface area (Å²) in [5, 5.41) is 1.94. The van der Waals surface area contributed by atoms with E-state index in [-0.39, 0.29) is 18.8 Å². The Morgan fingerprint density at radius 1 is 0.784 bits per heavy atom. The molecule has 3 aromatic carbocycles. The average Bonchev–Trinajstić information content (AvgIpc) is 3.18. The zero-order valence-electron chi connectivity index (χ0n) is 21.6. The Labute approximate surface area is 217 Å². The Balaban J connectivity index is 1.92. The van der Waals surface area contributed by atoms with Crippen molar-refractivity contribution in [3.05, 3.63) is 101 Å². The predicted octanol–water partition coefficient (Wildman–Crippen LogP) is 5.45. The Morgan fingerprint density at radius 2 is 1.27 bits per heavy atom. The zero-order chi connectivity index (χ0) is 26.4. The van der Waals surface area contributed by atoms with Crippen molar-refractivity contribution >= 4 is 35.3 Å². The van der Waals surface area contributed by atoms with Crippen LogP contribution in [-0.4, -0.2) is 26.2 Å². The first-order valence-corrected chi connectivity index (χ1v) is 14.1. The molecule has 0 N–H and O–H groups in total. The van der Waals surface area contributed by atoms with Crippen LogP contribution in [0.1, 0.15) is 37.8 Å². The summed E-state index contributed by atoms with van der Waals surface area (Å²) < 4.78 is 26.1. The van der Waals surface area contributed by atoms with E-state index in [4.69, 9.17) is 9.47 Å². The topological polar surface area (TPSA) is 69.7 Å². The lowest BCUT2D eigenvalue weighted by atomic mass is 9.64. The molecule has 2 aliphatic carbocycles. The molecule has 5 nitrogen and oxygen atoms in total. The van der Waals surface area contributed by atoms with Crippen LogP contribution in [0.15, 0.2) is 90.2 Å². The quantitative estimate of drug-likeness (QED) is 0.258. The minimum absolute atomic E-state index is 0.0380. The number of fused-ring (bicyclic) bond motifs is 3. The predicted molar refractivity (Wildman–Crippen MR) is 145 cm³/mol. The molecular formula is C31H31O5P. The minimum atomic E-state index is -3.50. The van der Waals surface area contributed by atoms with Crippen molar-refractivity contribution in [2.75, 3.05) is 14.2 Å². The van der Waals surface area contributed by atoms with Crippen LogP contribution in [0.2, 0.25) is 0 Å². The number of ether oxygens (including phenoxy) is 2. The molecule has 0 aliphatic heterocycles. The van der Waals surface area contributed by atoms with Gasteiger partial charge in [-0.1, -0.05) is 98.8 Å². The van der Waals surface area contributed by atoms with Gasteiger partial charge in [-0.05, 0) is 34.5 Å². The maximum atomic E-state index is 15.7. The average molecular weight is 515 g/mol. The van der Waals surface area contributed by atoms with Gasteiger partial charge in [0.25, 0.3) is 0 Å². The van der Waals surface area contributed by atoms with Crippen molar-refractivity contribution in [3.8, 4) is 0 Å². The summed E-state index contributed by atoms with van der Waals surface area (Å²) in [5.74, 6) is -1.56. The Kier molecular flexibility index (Phi) is 6.24. The third kappa shape index (κ3) is 3.63. The number of benzene rings is 3. The highest BCUT2D eigenvalue weighted by atomic mass is 31.2. The molecule has 6 heteroatoms. The third-order valence-electron chi connectivity index (χ3n) is 8.24. The molecule has 2 aliphatic rings. The fourth-order valence-electron chi connectivity index (χ4n) is 6.33. The molecule has 0 radical (unpaired) electrons. The van der Waals surface area contributed by atoms with E-state index in [1.165, 1.54) is 14.2 Å². The van der Waals surface area contributed by atoms with Gasteiger partial charge in [-0.25, -0.2) is 0 Å². The highest BCUT2D eigenvalue weighted by molar-refractivity contribution is 7.82. The maximum absolute atomic E-state index is 15.7. The molecule has 37 heavy (non-hydrogen) atoms. The monoisotopic (exact) mass is 514 g/mol. The lowest BCUT2D eigenvalue weighted by molar-refractivity contribution is -0.170. The maximum Gasteiger partial charge on any atom is 0.323 e. The normalized spacial score (nSPS) is 19.5. The van der Waals surface area contributed by atoms with Gasteiger partial charge >= 0.3 is 11.9 Å². The molecule has 0 amide bonds. The largest absolute Gasteiger partial charge is 0.468 e. The van der Waals surface area contributed by atoms with Crippen LogP contribution in [0.4, 0.5) is 0 Å². The first-order chi connectivity index (χ1) is 17.7. The summed E-state index contributed by atoms with van der Waals surface area (Å²) in [6, 6.07) is 26.9. The summed E-state index contributed by atoms with van der Waals surface area (Å²) in [6.07, 6.45) is 0.181. The van der Waals surface area contributed by atoms with Crippen molar-refractivity contribution in [2.24, 2.45) is 11.3 Å². The van der Waals surface area contributed by atoms with Gasteiger partial charge in [-0.15, -0.1) is 0 Å². The van der Waals surface area contributed by atoms with Gasteiger partial charge in [0.2, 0.25) is 0 Å². The number of hydrogen-bond acceptors (Lipinski definition) is 5. The van der Waals surface area contributed by atoms with E-state index in [0.29, 0.717) is 15.9 Å². The van der Waals surface area contributed by atoms with Crippen LogP contribution in [0, 0.1) is 11.3 Å². The molecule has 0 unspecified atom stereocenters. The standard InChI is InChI=1S/C31H31O5P/c1-30(2)24-18-12-11-17-23(24)27-25(30)19-31(28(32)35-3,29(33)36-4)20-26(27)37(34,21-13-7-5-8-14-21)22-15-9-6-10-16-22/h5-18,25H,19-20H2,1-4H3/t25-/m1/s1. The van der Waals surface area contributed by atoms with E-state index in [1.807, 2.05) is 72.8 Å². The molecule has 0 spiro atoms. The molecule has 0 saturated heterocycles. The second-order valence-electron chi connectivity index (χ2n) is 10.4. The number of esters is 2. The minimum Gasteiger partial charge on any atom is -0.468 e. The van der Waals surface area contributed by atoms with Crippen molar-refractivity contribution in [1.29, 1.82) is 0 Å². The van der Waals surface area contributed by atoms with Gasteiger partial charge in [0, 0.05) is 22.3 Å². The summed E-state index contributed by atoms with van der Waals surface area (Å²) >= 11 is 0. The number of carbonyl (C=O) groups excluding carboxylic acids is 2. The number of carbonyl (C=O) groups is 2. The smallest absolute Gasteiger partial charge is 0.323 e. The molecule has 190 valence electrons. The van der Waals surface area contributed by atoms with Gasteiger partial charge in [-0.3, -0.25) is 9.59 Å². The molecule has 0 aromatic heterocycles. The summed E-state index contributed by atoms with van der Waals surface area (Å²) in [5.41, 5.74) is 1.10. The Bertz CT molecular complexity index is 1380. The number of rotatable bonds is 5. The molecule has 1 atom stereocenters. The number of hydrogen-bond donors (Lipinski definition) is 0. The molecule has 0 saturated carbocycles. The highest BCUT2D eigenvalue weighted by Gasteiger charge is 2.61. The van der Waals surface area contributed by atoms with Crippen molar-refractivity contribution in [3.63, 3.8) is 0 Å². The van der Waals surface area contributed by atoms with Crippen molar-refractivity contribution in [2.45, 2.75) is 32.1 Å². The second kappa shape index (κ2) is 9.15. The van der Waals surface area contributed by atoms with Gasteiger partial charge in [0.05, 0.1) is 14.2 Å². The second-order valence-corrected chi connectivity index (χ2v) is 13.2. The fourth-order valence-corrected chi connectivity index (χ4v) is 9.55. The van der Waals surface area contributed by atoms with Gasteiger partial charge < -0.3 is 14.0 Å². The lowest BCUT2D eigenvalue weighted by Crippen LogP contribution is -2.47. The number of methoxy groups -OCH3 is 2. The van der Waals surface area contributed by atoms with Crippen molar-refractivity contribution in [1.82, 2.24) is 0 Å². The SMILES string of the molecule is COC(=O)C1(C(=O)OC)CC(P(=O)(c2ccccc2)c2ccccc2)=C2c3ccccc3C(C)(C)[C@@H]2C1. The Hall–Kier alpha value is -3.43. The van der Waals surface area contributed by atoms with Crippen LogP contribution in [0.5, 0.6) is 0 Å². The van der Waals surface area contributed by atoms with Crippen LogP contribution < -0.4 is 10.6 Å². The van der Waals surface area contributed by atoms with E-state index in [9.17, 15) is 9.59 Å². The number of allylic oxidation sites excluding steroid dienone is 2. The van der Waals surface area contributed by atoms with E-state index in [0.717, 1.165) is 16.7 Å². The van der Waals surface area contributed by atoms with Crippen LogP contribution in [-0.2, 0) is 29.0 Å². The highest BCUT2D eigenvalue weighted by Crippen LogP contribution is 2.68. The van der Waals surface area contributed by atoms with E-state index in [1.54, 1.807) is 0 Å². The van der Waals surface area contributed by atoms with Crippen LogP contribution >= 0.6 is 7.14 Å². The summed E-state index contributed by atoms with van der Waals surface area (Å²) in [4.78, 5) is 26.9. The van der Waals surface area contributed by atoms with Gasteiger partial charge in [0.1, 0.15) is 0 Å². The summed E-state index contributed by atoms with van der Waals surface area (Å²) in [7, 11) is -0.925. The molecule has 0 bridgehead atoms. The van der Waals surface area contributed by atoms with Crippen LogP contribution in [0.3, 0.4) is 0 Å². The van der Waals surface area contributed by atoms with E-state index >= 15 is 4.57 Å². The fraction of sp³-hybridized carbons (Fsp3) is 0.290. The molecule has 5 rings (SSSR count). The van der Waals surface area contributed by atoms with E-state index in [2.05, 4.69) is 26.0 Å². The molecular weight excluding hydrogens is 483 g/mol. The zero-order valence-corrected chi connectivity index (χ0v) is 22.5.